The van der Waals surface area contributed by atoms with E-state index in [0.29, 0.717) is 6.54 Å². The fourth-order valence-electron chi connectivity index (χ4n) is 1.25. The van der Waals surface area contributed by atoms with Crippen LogP contribution >= 0.6 is 0 Å². The fourth-order valence-corrected chi connectivity index (χ4v) is 1.25. The predicted octanol–water partition coefficient (Wildman–Crippen LogP) is 1.29. The minimum absolute atomic E-state index is 0.429. The molecule has 0 radical (unpaired) electrons. The molecular formula is C12H14N2O3. The molecule has 0 unspecified atom stereocenters. The zero-order chi connectivity index (χ0) is 12.8. The van der Waals surface area contributed by atoms with Gasteiger partial charge in [-0.2, -0.15) is 0 Å². The van der Waals surface area contributed by atoms with Crippen molar-refractivity contribution in [3.8, 4) is 0 Å². The van der Waals surface area contributed by atoms with Gasteiger partial charge in [0.15, 0.2) is 0 Å². The van der Waals surface area contributed by atoms with Gasteiger partial charge in [0.2, 0.25) is 0 Å². The SMILES string of the molecule is CN(Cc1ccc(C=CC(=O)O)cc1)C(N)=O. The van der Waals surface area contributed by atoms with Gasteiger partial charge in [-0.1, -0.05) is 24.3 Å². The van der Waals surface area contributed by atoms with Gasteiger partial charge in [0.25, 0.3) is 0 Å². The molecule has 0 saturated heterocycles. The number of carbonyl (C=O) groups is 2. The van der Waals surface area contributed by atoms with E-state index in [1.807, 2.05) is 12.1 Å². The molecule has 5 heteroatoms. The lowest BCUT2D eigenvalue weighted by molar-refractivity contribution is -0.131. The Bertz CT molecular complexity index is 438. The zero-order valence-corrected chi connectivity index (χ0v) is 9.46. The van der Waals surface area contributed by atoms with Gasteiger partial charge >= 0.3 is 12.0 Å². The molecule has 17 heavy (non-hydrogen) atoms. The summed E-state index contributed by atoms with van der Waals surface area (Å²) >= 11 is 0. The Morgan fingerprint density at radius 2 is 1.94 bits per heavy atom. The first-order valence-corrected chi connectivity index (χ1v) is 4.99. The smallest absolute Gasteiger partial charge is 0.328 e. The highest BCUT2D eigenvalue weighted by Crippen LogP contribution is 2.08. The number of primary amides is 1. The third-order valence-electron chi connectivity index (χ3n) is 2.19. The van der Waals surface area contributed by atoms with E-state index in [-0.39, 0.29) is 0 Å². The minimum Gasteiger partial charge on any atom is -0.478 e. The Hall–Kier alpha value is -2.30. The molecular weight excluding hydrogens is 220 g/mol. The van der Waals surface area contributed by atoms with Crippen LogP contribution in [0.2, 0.25) is 0 Å². The van der Waals surface area contributed by atoms with Crippen molar-refractivity contribution in [2.75, 3.05) is 7.05 Å². The largest absolute Gasteiger partial charge is 0.478 e. The number of carboxylic acid groups (broad SMARTS) is 1. The Balaban J connectivity index is 2.68. The summed E-state index contributed by atoms with van der Waals surface area (Å²) < 4.78 is 0. The van der Waals surface area contributed by atoms with E-state index in [1.54, 1.807) is 19.2 Å². The van der Waals surface area contributed by atoms with Crippen LogP contribution in [0.5, 0.6) is 0 Å². The second kappa shape index (κ2) is 5.69. The highest BCUT2D eigenvalue weighted by atomic mass is 16.4. The molecule has 0 aliphatic rings. The molecule has 2 amide bonds. The molecule has 90 valence electrons. The molecule has 0 bridgehead atoms. The zero-order valence-electron chi connectivity index (χ0n) is 9.46. The highest BCUT2D eigenvalue weighted by molar-refractivity contribution is 5.85. The lowest BCUT2D eigenvalue weighted by Crippen LogP contribution is -2.31. The van der Waals surface area contributed by atoms with Gasteiger partial charge < -0.3 is 15.7 Å². The topological polar surface area (TPSA) is 83.6 Å². The fraction of sp³-hybridized carbons (Fsp3) is 0.167. The van der Waals surface area contributed by atoms with Gasteiger partial charge in [-0.05, 0) is 17.2 Å². The van der Waals surface area contributed by atoms with Crippen LogP contribution in [0.15, 0.2) is 30.3 Å². The van der Waals surface area contributed by atoms with E-state index >= 15 is 0 Å². The number of carboxylic acids is 1. The van der Waals surface area contributed by atoms with Crippen molar-refractivity contribution in [1.29, 1.82) is 0 Å². The molecule has 0 heterocycles. The standard InChI is InChI=1S/C12H14N2O3/c1-14(12(13)17)8-10-4-2-9(3-5-10)6-7-11(15)16/h2-7H,8H2,1H3,(H2,13,17)(H,15,16). The van der Waals surface area contributed by atoms with Crippen molar-refractivity contribution in [2.24, 2.45) is 5.73 Å². The number of carbonyl (C=O) groups excluding carboxylic acids is 1. The van der Waals surface area contributed by atoms with Gasteiger partial charge in [0, 0.05) is 19.7 Å². The van der Waals surface area contributed by atoms with Gasteiger partial charge in [0.05, 0.1) is 0 Å². The van der Waals surface area contributed by atoms with Gasteiger partial charge in [-0.25, -0.2) is 9.59 Å². The number of nitrogens with two attached hydrogens (primary N) is 1. The van der Waals surface area contributed by atoms with Crippen LogP contribution in [0.1, 0.15) is 11.1 Å². The van der Waals surface area contributed by atoms with E-state index in [1.165, 1.54) is 11.0 Å². The lowest BCUT2D eigenvalue weighted by atomic mass is 10.1. The maximum absolute atomic E-state index is 10.8. The van der Waals surface area contributed by atoms with E-state index in [0.717, 1.165) is 17.2 Å². The van der Waals surface area contributed by atoms with Crippen LogP contribution in [-0.4, -0.2) is 29.1 Å². The van der Waals surface area contributed by atoms with Gasteiger partial charge in [-0.15, -0.1) is 0 Å². The van der Waals surface area contributed by atoms with E-state index < -0.39 is 12.0 Å². The Labute approximate surface area is 99.1 Å². The summed E-state index contributed by atoms with van der Waals surface area (Å²) in [5.74, 6) is -0.984. The Morgan fingerprint density at radius 3 is 2.41 bits per heavy atom. The number of aliphatic carboxylic acids is 1. The highest BCUT2D eigenvalue weighted by Gasteiger charge is 2.03. The normalized spacial score (nSPS) is 10.4. The monoisotopic (exact) mass is 234 g/mol. The average molecular weight is 234 g/mol. The number of benzene rings is 1. The molecule has 0 saturated carbocycles. The maximum Gasteiger partial charge on any atom is 0.328 e. The summed E-state index contributed by atoms with van der Waals surface area (Å²) in [6.07, 6.45) is 2.58. The van der Waals surface area contributed by atoms with Crippen LogP contribution < -0.4 is 5.73 Å². The maximum atomic E-state index is 10.8. The van der Waals surface area contributed by atoms with Crippen LogP contribution in [0.25, 0.3) is 6.08 Å². The summed E-state index contributed by atoms with van der Waals surface area (Å²) in [4.78, 5) is 22.5. The summed E-state index contributed by atoms with van der Waals surface area (Å²) in [5, 5.41) is 8.46. The molecule has 3 N–H and O–H groups in total. The number of nitrogens with zero attached hydrogens (tertiary/aromatic N) is 1. The number of hydrogen-bond donors (Lipinski definition) is 2. The second-order valence-electron chi connectivity index (χ2n) is 3.61. The van der Waals surface area contributed by atoms with Gasteiger partial charge in [-0.3, -0.25) is 0 Å². The molecule has 0 fully saturated rings. The number of urea groups is 1. The van der Waals surface area contributed by atoms with Gasteiger partial charge in [0.1, 0.15) is 0 Å². The number of rotatable bonds is 4. The molecule has 0 atom stereocenters. The summed E-state index contributed by atoms with van der Waals surface area (Å²) in [6.45, 7) is 0.429. The first-order chi connectivity index (χ1) is 7.99. The molecule has 1 rings (SSSR count). The summed E-state index contributed by atoms with van der Waals surface area (Å²) in [5.41, 5.74) is 6.82. The Morgan fingerprint density at radius 1 is 1.35 bits per heavy atom. The first-order valence-electron chi connectivity index (χ1n) is 4.99. The molecule has 0 aromatic heterocycles. The van der Waals surface area contributed by atoms with Crippen molar-refractivity contribution < 1.29 is 14.7 Å². The van der Waals surface area contributed by atoms with E-state index in [2.05, 4.69) is 0 Å². The van der Waals surface area contributed by atoms with Crippen LogP contribution in [0, 0.1) is 0 Å². The predicted molar refractivity (Wildman–Crippen MR) is 64.2 cm³/mol. The number of amides is 2. The summed E-state index contributed by atoms with van der Waals surface area (Å²) in [7, 11) is 1.61. The number of hydrogen-bond acceptors (Lipinski definition) is 2. The molecule has 0 spiro atoms. The van der Waals surface area contributed by atoms with Crippen LogP contribution in [0.3, 0.4) is 0 Å². The molecule has 5 nitrogen and oxygen atoms in total. The average Bonchev–Trinajstić information content (AvgIpc) is 2.28. The van der Waals surface area contributed by atoms with Crippen molar-refractivity contribution in [3.63, 3.8) is 0 Å². The van der Waals surface area contributed by atoms with Crippen LogP contribution in [0.4, 0.5) is 4.79 Å². The quantitative estimate of drug-likeness (QED) is 0.770. The van der Waals surface area contributed by atoms with Crippen molar-refractivity contribution in [2.45, 2.75) is 6.54 Å². The first kappa shape index (κ1) is 12.8. The van der Waals surface area contributed by atoms with Crippen molar-refractivity contribution in [3.05, 3.63) is 41.5 Å². The lowest BCUT2D eigenvalue weighted by Gasteiger charge is -2.13. The molecule has 0 aliphatic heterocycles. The second-order valence-corrected chi connectivity index (χ2v) is 3.61. The van der Waals surface area contributed by atoms with Crippen LogP contribution in [-0.2, 0) is 11.3 Å². The minimum atomic E-state index is -0.984. The third kappa shape index (κ3) is 4.38. The van der Waals surface area contributed by atoms with E-state index in [4.69, 9.17) is 10.8 Å². The molecule has 1 aromatic rings. The van der Waals surface area contributed by atoms with Crippen molar-refractivity contribution >= 4 is 18.1 Å². The third-order valence-corrected chi connectivity index (χ3v) is 2.19. The summed E-state index contributed by atoms with van der Waals surface area (Å²) in [6, 6.07) is 6.72. The van der Waals surface area contributed by atoms with E-state index in [9.17, 15) is 9.59 Å². The molecule has 1 aromatic carbocycles. The van der Waals surface area contributed by atoms with Crippen molar-refractivity contribution in [1.82, 2.24) is 4.90 Å². The molecule has 0 aliphatic carbocycles. The Kier molecular flexibility index (Phi) is 4.28.